The number of rotatable bonds is 2. The van der Waals surface area contributed by atoms with Crippen molar-refractivity contribution in [2.45, 2.75) is 6.42 Å². The quantitative estimate of drug-likeness (QED) is 0.709. The van der Waals surface area contributed by atoms with Gasteiger partial charge in [-0.2, -0.15) is 5.26 Å². The third-order valence-corrected chi connectivity index (χ3v) is 2.98. The first-order chi connectivity index (χ1) is 8.26. The standard InChI is InChI=1S/C12H13N3O2/c1-17-12(16)10-3-5-15(8-10)11-7-14-4-2-9(11)6-13/h2,4,7,10H,3,5,8H2,1H3. The lowest BCUT2D eigenvalue weighted by molar-refractivity contribution is -0.144. The van der Waals surface area contributed by atoms with Gasteiger partial charge in [0.1, 0.15) is 6.07 Å². The Hall–Kier alpha value is -2.09. The Morgan fingerprint density at radius 1 is 1.71 bits per heavy atom. The molecule has 2 rings (SSSR count). The Balaban J connectivity index is 2.16. The van der Waals surface area contributed by atoms with E-state index in [2.05, 4.69) is 11.1 Å². The molecule has 0 amide bonds. The Bertz CT molecular complexity index is 467. The number of aromatic nitrogens is 1. The highest BCUT2D eigenvalue weighted by atomic mass is 16.5. The van der Waals surface area contributed by atoms with Gasteiger partial charge in [0.2, 0.25) is 0 Å². The number of carbonyl (C=O) groups excluding carboxylic acids is 1. The molecule has 1 atom stereocenters. The van der Waals surface area contributed by atoms with Crippen LogP contribution in [0.2, 0.25) is 0 Å². The number of hydrogen-bond acceptors (Lipinski definition) is 5. The molecule has 2 heterocycles. The molecule has 1 aromatic heterocycles. The van der Waals surface area contributed by atoms with E-state index in [4.69, 9.17) is 10.00 Å². The van der Waals surface area contributed by atoms with Crippen LogP contribution in [0.3, 0.4) is 0 Å². The van der Waals surface area contributed by atoms with Crippen LogP contribution in [0.25, 0.3) is 0 Å². The maximum Gasteiger partial charge on any atom is 0.310 e. The molecule has 0 spiro atoms. The molecule has 88 valence electrons. The van der Waals surface area contributed by atoms with Crippen LogP contribution in [-0.4, -0.2) is 31.2 Å². The van der Waals surface area contributed by atoms with Gasteiger partial charge < -0.3 is 9.64 Å². The average Bonchev–Trinajstić information content (AvgIpc) is 2.87. The van der Waals surface area contributed by atoms with Crippen molar-refractivity contribution in [3.8, 4) is 6.07 Å². The van der Waals surface area contributed by atoms with Crippen LogP contribution in [0, 0.1) is 17.2 Å². The van der Waals surface area contributed by atoms with E-state index >= 15 is 0 Å². The van der Waals surface area contributed by atoms with Crippen LogP contribution in [0.15, 0.2) is 18.5 Å². The minimum atomic E-state index is -0.185. The van der Waals surface area contributed by atoms with Gasteiger partial charge in [0, 0.05) is 19.3 Å². The zero-order chi connectivity index (χ0) is 12.3. The van der Waals surface area contributed by atoms with E-state index in [1.165, 1.54) is 7.11 Å². The summed E-state index contributed by atoms with van der Waals surface area (Å²) in [6.07, 6.45) is 4.01. The second-order valence-electron chi connectivity index (χ2n) is 3.96. The van der Waals surface area contributed by atoms with Crippen molar-refractivity contribution >= 4 is 11.7 Å². The van der Waals surface area contributed by atoms with Crippen molar-refractivity contribution in [1.29, 1.82) is 5.26 Å². The SMILES string of the molecule is COC(=O)C1CCN(c2cnccc2C#N)C1. The molecule has 1 saturated heterocycles. The van der Waals surface area contributed by atoms with Gasteiger partial charge in [0.15, 0.2) is 0 Å². The Labute approximate surface area is 99.6 Å². The molecule has 5 nitrogen and oxygen atoms in total. The molecule has 0 aromatic carbocycles. The summed E-state index contributed by atoms with van der Waals surface area (Å²) in [6, 6.07) is 3.81. The van der Waals surface area contributed by atoms with Crippen LogP contribution >= 0.6 is 0 Å². The first-order valence-electron chi connectivity index (χ1n) is 5.43. The fraction of sp³-hybridized carbons (Fsp3) is 0.417. The summed E-state index contributed by atoms with van der Waals surface area (Å²) in [6.45, 7) is 1.34. The summed E-state index contributed by atoms with van der Waals surface area (Å²) in [5.74, 6) is -0.290. The van der Waals surface area contributed by atoms with Gasteiger partial charge in [0.05, 0.1) is 30.5 Å². The van der Waals surface area contributed by atoms with Crippen molar-refractivity contribution in [3.05, 3.63) is 24.0 Å². The molecule has 1 fully saturated rings. The molecule has 1 aliphatic rings. The van der Waals surface area contributed by atoms with E-state index in [9.17, 15) is 4.79 Å². The lowest BCUT2D eigenvalue weighted by Gasteiger charge is -2.18. The van der Waals surface area contributed by atoms with Gasteiger partial charge in [-0.05, 0) is 12.5 Å². The van der Waals surface area contributed by atoms with E-state index in [1.807, 2.05) is 4.90 Å². The first-order valence-corrected chi connectivity index (χ1v) is 5.43. The predicted octanol–water partition coefficient (Wildman–Crippen LogP) is 0.953. The van der Waals surface area contributed by atoms with Gasteiger partial charge in [0.25, 0.3) is 0 Å². The molecule has 17 heavy (non-hydrogen) atoms. The summed E-state index contributed by atoms with van der Waals surface area (Å²) >= 11 is 0. The normalized spacial score (nSPS) is 18.8. The fourth-order valence-corrected chi connectivity index (χ4v) is 2.07. The summed E-state index contributed by atoms with van der Waals surface area (Å²) in [4.78, 5) is 17.4. The monoisotopic (exact) mass is 231 g/mol. The summed E-state index contributed by atoms with van der Waals surface area (Å²) in [7, 11) is 1.40. The number of pyridine rings is 1. The topological polar surface area (TPSA) is 66.2 Å². The number of hydrogen-bond donors (Lipinski definition) is 0. The van der Waals surface area contributed by atoms with Crippen LogP contribution in [0.1, 0.15) is 12.0 Å². The number of esters is 1. The van der Waals surface area contributed by atoms with E-state index in [0.717, 1.165) is 18.7 Å². The number of carbonyl (C=O) groups is 1. The highest BCUT2D eigenvalue weighted by Gasteiger charge is 2.30. The zero-order valence-corrected chi connectivity index (χ0v) is 9.59. The lowest BCUT2D eigenvalue weighted by Crippen LogP contribution is -2.24. The van der Waals surface area contributed by atoms with E-state index in [0.29, 0.717) is 12.1 Å². The number of nitriles is 1. The first kappa shape index (κ1) is 11.4. The van der Waals surface area contributed by atoms with Crippen molar-refractivity contribution in [2.24, 2.45) is 5.92 Å². The molecular formula is C12H13N3O2. The van der Waals surface area contributed by atoms with Crippen molar-refractivity contribution in [2.75, 3.05) is 25.1 Å². The van der Waals surface area contributed by atoms with Crippen LogP contribution in [-0.2, 0) is 9.53 Å². The molecule has 0 radical (unpaired) electrons. The maximum absolute atomic E-state index is 11.4. The van der Waals surface area contributed by atoms with Crippen LogP contribution in [0.4, 0.5) is 5.69 Å². The van der Waals surface area contributed by atoms with E-state index in [1.54, 1.807) is 18.5 Å². The summed E-state index contributed by atoms with van der Waals surface area (Å²) in [5, 5.41) is 9.00. The van der Waals surface area contributed by atoms with Gasteiger partial charge in [-0.1, -0.05) is 0 Å². The number of anilines is 1. The Morgan fingerprint density at radius 2 is 2.53 bits per heavy atom. The molecule has 1 unspecified atom stereocenters. The van der Waals surface area contributed by atoms with Crippen molar-refractivity contribution in [1.82, 2.24) is 4.98 Å². The zero-order valence-electron chi connectivity index (χ0n) is 9.59. The average molecular weight is 231 g/mol. The second-order valence-corrected chi connectivity index (χ2v) is 3.96. The van der Waals surface area contributed by atoms with Crippen molar-refractivity contribution in [3.63, 3.8) is 0 Å². The Kier molecular flexibility index (Phi) is 3.24. The summed E-state index contributed by atoms with van der Waals surface area (Å²) < 4.78 is 4.73. The Morgan fingerprint density at radius 3 is 3.24 bits per heavy atom. The molecular weight excluding hydrogens is 218 g/mol. The van der Waals surface area contributed by atoms with Crippen LogP contribution in [0.5, 0.6) is 0 Å². The second kappa shape index (κ2) is 4.83. The number of ether oxygens (including phenoxy) is 1. The van der Waals surface area contributed by atoms with Gasteiger partial charge in [-0.3, -0.25) is 9.78 Å². The molecule has 0 bridgehead atoms. The molecule has 0 N–H and O–H groups in total. The number of methoxy groups -OCH3 is 1. The molecule has 0 saturated carbocycles. The minimum Gasteiger partial charge on any atom is -0.469 e. The van der Waals surface area contributed by atoms with E-state index < -0.39 is 0 Å². The third kappa shape index (κ3) is 2.21. The smallest absolute Gasteiger partial charge is 0.310 e. The number of nitrogens with zero attached hydrogens (tertiary/aromatic N) is 3. The van der Waals surface area contributed by atoms with E-state index in [-0.39, 0.29) is 11.9 Å². The molecule has 5 heteroatoms. The predicted molar refractivity (Wildman–Crippen MR) is 61.3 cm³/mol. The largest absolute Gasteiger partial charge is 0.469 e. The van der Waals surface area contributed by atoms with Gasteiger partial charge in [-0.25, -0.2) is 0 Å². The van der Waals surface area contributed by atoms with Crippen LogP contribution < -0.4 is 4.90 Å². The minimum absolute atomic E-state index is 0.105. The highest BCUT2D eigenvalue weighted by molar-refractivity contribution is 5.74. The van der Waals surface area contributed by atoms with Crippen molar-refractivity contribution < 1.29 is 9.53 Å². The lowest BCUT2D eigenvalue weighted by atomic mass is 10.1. The molecule has 1 aliphatic heterocycles. The fourth-order valence-electron chi connectivity index (χ4n) is 2.07. The molecule has 0 aliphatic carbocycles. The summed E-state index contributed by atoms with van der Waals surface area (Å²) in [5.41, 5.74) is 1.38. The highest BCUT2D eigenvalue weighted by Crippen LogP contribution is 2.26. The van der Waals surface area contributed by atoms with Gasteiger partial charge >= 0.3 is 5.97 Å². The third-order valence-electron chi connectivity index (χ3n) is 2.98. The molecule has 1 aromatic rings. The van der Waals surface area contributed by atoms with Gasteiger partial charge in [-0.15, -0.1) is 0 Å². The maximum atomic E-state index is 11.4.